The fourth-order valence-electron chi connectivity index (χ4n) is 2.15. The predicted molar refractivity (Wildman–Crippen MR) is 87.0 cm³/mol. The fourth-order valence-corrected chi connectivity index (χ4v) is 2.15. The Morgan fingerprint density at radius 3 is 1.95 bits per heavy atom. The van der Waals surface area contributed by atoms with Crippen molar-refractivity contribution in [1.82, 2.24) is 0 Å². The van der Waals surface area contributed by atoms with Crippen LogP contribution in [0.25, 0.3) is 0 Å². The molecule has 0 spiro atoms. The lowest BCUT2D eigenvalue weighted by Crippen LogP contribution is -1.93. The van der Waals surface area contributed by atoms with E-state index in [1.165, 1.54) is 44.9 Å². The number of hydrogen-bond donors (Lipinski definition) is 1. The smallest absolute Gasteiger partial charge is 0.303 e. The maximum absolute atomic E-state index is 10.3. The summed E-state index contributed by atoms with van der Waals surface area (Å²) in [7, 11) is 0. The van der Waals surface area contributed by atoms with E-state index >= 15 is 0 Å². The Hall–Kier alpha value is -1.05. The van der Waals surface area contributed by atoms with Gasteiger partial charge in [-0.05, 0) is 32.1 Å². The van der Waals surface area contributed by atoms with Crippen molar-refractivity contribution in [1.29, 1.82) is 0 Å². The molecule has 116 valence electrons. The molecule has 0 saturated heterocycles. The highest BCUT2D eigenvalue weighted by molar-refractivity contribution is 5.66. The molecule has 0 aromatic carbocycles. The van der Waals surface area contributed by atoms with Gasteiger partial charge in [0.15, 0.2) is 0 Å². The molecule has 2 nitrogen and oxygen atoms in total. The minimum absolute atomic E-state index is 0.333. The summed E-state index contributed by atoms with van der Waals surface area (Å²) in [4.78, 5) is 10.3. The third-order valence-corrected chi connectivity index (χ3v) is 3.35. The van der Waals surface area contributed by atoms with Crippen LogP contribution in [0.5, 0.6) is 0 Å². The van der Waals surface area contributed by atoms with Crippen LogP contribution >= 0.6 is 0 Å². The van der Waals surface area contributed by atoms with E-state index in [0.717, 1.165) is 25.7 Å². The fraction of sp³-hybridized carbons (Fsp3) is 0.722. The molecular weight excluding hydrogens is 248 g/mol. The first-order valence-corrected chi connectivity index (χ1v) is 8.29. The lowest BCUT2D eigenvalue weighted by atomic mass is 10.1. The van der Waals surface area contributed by atoms with Crippen LogP contribution in [0.4, 0.5) is 0 Å². The predicted octanol–water partition coefficient (Wildman–Crippen LogP) is 5.88. The Balaban J connectivity index is 3.09. The van der Waals surface area contributed by atoms with Gasteiger partial charge in [0.05, 0.1) is 0 Å². The van der Waals surface area contributed by atoms with Gasteiger partial charge in [-0.2, -0.15) is 0 Å². The summed E-state index contributed by atoms with van der Waals surface area (Å²) in [5.74, 6) is -0.664. The maximum Gasteiger partial charge on any atom is 0.303 e. The quantitative estimate of drug-likeness (QED) is 0.318. The molecule has 0 amide bonds. The van der Waals surface area contributed by atoms with Crippen molar-refractivity contribution < 1.29 is 9.90 Å². The topological polar surface area (TPSA) is 37.3 Å². The second-order valence-corrected chi connectivity index (χ2v) is 5.35. The van der Waals surface area contributed by atoms with E-state index in [2.05, 4.69) is 31.2 Å². The summed E-state index contributed by atoms with van der Waals surface area (Å²) in [6.45, 7) is 2.16. The number of carboxylic acids is 1. The van der Waals surface area contributed by atoms with E-state index in [-0.39, 0.29) is 0 Å². The second kappa shape index (κ2) is 16.0. The molecule has 0 radical (unpaired) electrons. The second-order valence-electron chi connectivity index (χ2n) is 5.35. The van der Waals surface area contributed by atoms with Gasteiger partial charge in [0.1, 0.15) is 0 Å². The van der Waals surface area contributed by atoms with Crippen molar-refractivity contribution in [2.24, 2.45) is 0 Å². The summed E-state index contributed by atoms with van der Waals surface area (Å²) in [5, 5.41) is 8.51. The number of hydrogen-bond acceptors (Lipinski definition) is 1. The zero-order valence-corrected chi connectivity index (χ0v) is 13.2. The van der Waals surface area contributed by atoms with Gasteiger partial charge in [-0.3, -0.25) is 4.79 Å². The average molecular weight is 280 g/mol. The van der Waals surface area contributed by atoms with Crippen LogP contribution < -0.4 is 0 Å². The van der Waals surface area contributed by atoms with Crippen molar-refractivity contribution in [2.75, 3.05) is 0 Å². The van der Waals surface area contributed by atoms with Crippen molar-refractivity contribution in [3.05, 3.63) is 24.3 Å². The molecule has 0 aliphatic heterocycles. The summed E-state index contributed by atoms with van der Waals surface area (Å²) in [5.41, 5.74) is 0. The van der Waals surface area contributed by atoms with Crippen LogP contribution in [-0.2, 0) is 4.79 Å². The van der Waals surface area contributed by atoms with Crippen LogP contribution in [0.15, 0.2) is 24.3 Å². The van der Waals surface area contributed by atoms with Crippen LogP contribution in [0.2, 0.25) is 0 Å². The zero-order chi connectivity index (χ0) is 14.9. The van der Waals surface area contributed by atoms with Gasteiger partial charge in [0.2, 0.25) is 0 Å². The largest absolute Gasteiger partial charge is 0.481 e. The van der Waals surface area contributed by atoms with Crippen molar-refractivity contribution in [3.8, 4) is 0 Å². The first kappa shape index (κ1) is 18.9. The molecule has 0 aliphatic rings. The van der Waals surface area contributed by atoms with Gasteiger partial charge >= 0.3 is 5.97 Å². The summed E-state index contributed by atoms with van der Waals surface area (Å²) < 4.78 is 0. The first-order valence-electron chi connectivity index (χ1n) is 8.29. The Morgan fingerprint density at radius 1 is 0.800 bits per heavy atom. The first-order chi connectivity index (χ1) is 9.77. The highest BCUT2D eigenvalue weighted by atomic mass is 16.4. The lowest BCUT2D eigenvalue weighted by molar-refractivity contribution is -0.137. The van der Waals surface area contributed by atoms with E-state index in [4.69, 9.17) is 5.11 Å². The van der Waals surface area contributed by atoms with Crippen molar-refractivity contribution >= 4 is 5.97 Å². The van der Waals surface area contributed by atoms with E-state index in [0.29, 0.717) is 6.42 Å². The molecule has 0 saturated carbocycles. The number of unbranched alkanes of at least 4 members (excludes halogenated alkanes) is 8. The van der Waals surface area contributed by atoms with Gasteiger partial charge in [-0.1, -0.05) is 69.8 Å². The normalized spacial score (nSPS) is 11.7. The number of rotatable bonds is 14. The minimum Gasteiger partial charge on any atom is -0.481 e. The summed E-state index contributed by atoms with van der Waals surface area (Å²) in [6.07, 6.45) is 22.3. The lowest BCUT2D eigenvalue weighted by Gasteiger charge is -2.00. The van der Waals surface area contributed by atoms with E-state index < -0.39 is 5.97 Å². The SMILES string of the molecule is CC/C=C/C/C=C/CCCCCCCCCCC(=O)O. The Labute approximate surface area is 125 Å². The standard InChI is InChI=1S/C18H32O2/c1-2-3-4-5-6-7-8-9-10-11-12-13-14-15-16-17-18(19)20/h3-4,6-7H,2,5,8-17H2,1H3,(H,19,20)/b4-3+,7-6+. The molecule has 20 heavy (non-hydrogen) atoms. The maximum atomic E-state index is 10.3. The van der Waals surface area contributed by atoms with Crippen LogP contribution in [0.3, 0.4) is 0 Å². The molecular formula is C18H32O2. The van der Waals surface area contributed by atoms with Gasteiger partial charge in [0, 0.05) is 6.42 Å². The van der Waals surface area contributed by atoms with E-state index in [1.807, 2.05) is 0 Å². The summed E-state index contributed by atoms with van der Waals surface area (Å²) in [6, 6.07) is 0. The molecule has 0 rings (SSSR count). The molecule has 0 unspecified atom stereocenters. The Morgan fingerprint density at radius 2 is 1.35 bits per heavy atom. The van der Waals surface area contributed by atoms with Gasteiger partial charge < -0.3 is 5.11 Å². The van der Waals surface area contributed by atoms with Gasteiger partial charge in [-0.25, -0.2) is 0 Å². The minimum atomic E-state index is -0.664. The average Bonchev–Trinajstić information content (AvgIpc) is 2.43. The molecule has 0 aromatic heterocycles. The van der Waals surface area contributed by atoms with Crippen LogP contribution in [-0.4, -0.2) is 11.1 Å². The highest BCUT2D eigenvalue weighted by Gasteiger charge is 1.96. The molecule has 0 bridgehead atoms. The number of aliphatic carboxylic acids is 1. The number of carboxylic acid groups (broad SMARTS) is 1. The molecule has 2 heteroatoms. The Bertz CT molecular complexity index is 267. The van der Waals surface area contributed by atoms with Crippen LogP contribution in [0, 0.1) is 0 Å². The van der Waals surface area contributed by atoms with Gasteiger partial charge in [0.25, 0.3) is 0 Å². The summed E-state index contributed by atoms with van der Waals surface area (Å²) >= 11 is 0. The van der Waals surface area contributed by atoms with Crippen LogP contribution in [0.1, 0.15) is 84.0 Å². The molecule has 0 heterocycles. The molecule has 0 aliphatic carbocycles. The number of carbonyl (C=O) groups is 1. The van der Waals surface area contributed by atoms with Gasteiger partial charge in [-0.15, -0.1) is 0 Å². The third-order valence-electron chi connectivity index (χ3n) is 3.35. The van der Waals surface area contributed by atoms with Crippen molar-refractivity contribution in [3.63, 3.8) is 0 Å². The van der Waals surface area contributed by atoms with Crippen molar-refractivity contribution in [2.45, 2.75) is 84.0 Å². The van der Waals surface area contributed by atoms with E-state index in [1.54, 1.807) is 0 Å². The molecule has 1 N–H and O–H groups in total. The third kappa shape index (κ3) is 16.9. The molecule has 0 atom stereocenters. The number of allylic oxidation sites excluding steroid dienone is 4. The molecule has 0 aromatic rings. The monoisotopic (exact) mass is 280 g/mol. The molecule has 0 fully saturated rings. The highest BCUT2D eigenvalue weighted by Crippen LogP contribution is 2.10. The zero-order valence-electron chi connectivity index (χ0n) is 13.2. The van der Waals surface area contributed by atoms with E-state index in [9.17, 15) is 4.79 Å². The Kier molecular flexibility index (Phi) is 15.2.